The second kappa shape index (κ2) is 5.02. The van der Waals surface area contributed by atoms with Crippen LogP contribution in [0.5, 0.6) is 5.75 Å². The van der Waals surface area contributed by atoms with Gasteiger partial charge in [0.2, 0.25) is 11.8 Å². The van der Waals surface area contributed by atoms with Crippen LogP contribution in [0.1, 0.15) is 17.5 Å². The Morgan fingerprint density at radius 3 is 2.73 bits per heavy atom. The molecule has 0 saturated heterocycles. The molecule has 2 aliphatic heterocycles. The molecule has 7 heteroatoms. The van der Waals surface area contributed by atoms with Crippen molar-refractivity contribution >= 4 is 45.7 Å². The van der Waals surface area contributed by atoms with E-state index in [1.54, 1.807) is 37.6 Å². The van der Waals surface area contributed by atoms with Gasteiger partial charge in [-0.25, -0.2) is 0 Å². The van der Waals surface area contributed by atoms with E-state index in [1.807, 2.05) is 6.07 Å². The Labute approximate surface area is 153 Å². The van der Waals surface area contributed by atoms with Gasteiger partial charge in [0.1, 0.15) is 11.2 Å². The van der Waals surface area contributed by atoms with E-state index in [0.717, 1.165) is 22.0 Å². The number of halogens is 1. The second-order valence-corrected chi connectivity index (χ2v) is 7.01. The number of carbonyl (C=O) groups excluding carboxylic acids is 2. The van der Waals surface area contributed by atoms with Crippen LogP contribution in [-0.4, -0.2) is 23.9 Å². The lowest BCUT2D eigenvalue weighted by atomic mass is 9.73. The van der Waals surface area contributed by atoms with Crippen LogP contribution in [-0.2, 0) is 15.0 Å². The van der Waals surface area contributed by atoms with Crippen LogP contribution in [0.4, 0.5) is 11.4 Å². The Balaban J connectivity index is 1.89. The van der Waals surface area contributed by atoms with Gasteiger partial charge in [-0.05, 0) is 23.8 Å². The van der Waals surface area contributed by atoms with E-state index >= 15 is 0 Å². The minimum atomic E-state index is -1.12. The van der Waals surface area contributed by atoms with Crippen molar-refractivity contribution < 1.29 is 14.3 Å². The van der Waals surface area contributed by atoms with E-state index in [1.165, 1.54) is 0 Å². The summed E-state index contributed by atoms with van der Waals surface area (Å²) in [5.74, 6) is 0.157. The molecule has 5 rings (SSSR count). The molecule has 0 fully saturated rings. The summed E-state index contributed by atoms with van der Waals surface area (Å²) in [5, 5.41) is 7.14. The largest absolute Gasteiger partial charge is 0.497 e. The predicted molar refractivity (Wildman–Crippen MR) is 99.0 cm³/mol. The molecular formula is C19H14ClN3O3. The lowest BCUT2D eigenvalue weighted by Gasteiger charge is -2.25. The minimum absolute atomic E-state index is 0.00384. The zero-order chi connectivity index (χ0) is 18.1. The minimum Gasteiger partial charge on any atom is -0.497 e. The van der Waals surface area contributed by atoms with Crippen LogP contribution < -0.4 is 15.4 Å². The molecule has 0 bridgehead atoms. The lowest BCUT2D eigenvalue weighted by molar-refractivity contribution is -0.124. The van der Waals surface area contributed by atoms with Crippen LogP contribution in [0, 0.1) is 0 Å². The first-order valence-corrected chi connectivity index (χ1v) is 8.51. The number of rotatable bonds is 1. The van der Waals surface area contributed by atoms with Gasteiger partial charge in [-0.15, -0.1) is 0 Å². The molecule has 6 nitrogen and oxygen atoms in total. The first-order valence-electron chi connectivity index (χ1n) is 8.14. The first kappa shape index (κ1) is 15.3. The monoisotopic (exact) mass is 367 g/mol. The summed E-state index contributed by atoms with van der Waals surface area (Å²) in [5.41, 5.74) is 2.44. The van der Waals surface area contributed by atoms with Crippen molar-refractivity contribution in [1.29, 1.82) is 0 Å². The molecule has 2 aromatic carbocycles. The fourth-order valence-corrected chi connectivity index (χ4v) is 4.27. The predicted octanol–water partition coefficient (Wildman–Crippen LogP) is 3.41. The molecule has 1 atom stereocenters. The number of anilines is 2. The van der Waals surface area contributed by atoms with Crippen LogP contribution in [0.2, 0.25) is 5.02 Å². The standard InChI is InChI=1S/C19H14ClN3O3/c1-26-10-5-14-17-12(8-21-14)19(7-16(24)22-15(17)6-10)11-4-9(20)2-3-13(11)23-18(19)25/h2-6,8,21H,7H2,1H3,(H,22,24)(H,23,25). The molecule has 0 radical (unpaired) electrons. The van der Waals surface area contributed by atoms with E-state index < -0.39 is 5.41 Å². The molecule has 130 valence electrons. The summed E-state index contributed by atoms with van der Waals surface area (Å²) in [4.78, 5) is 29.0. The average Bonchev–Trinajstić information content (AvgIpc) is 3.11. The first-order chi connectivity index (χ1) is 12.5. The zero-order valence-corrected chi connectivity index (χ0v) is 14.5. The molecule has 0 aliphatic carbocycles. The summed E-state index contributed by atoms with van der Waals surface area (Å²) < 4.78 is 5.32. The van der Waals surface area contributed by atoms with E-state index in [2.05, 4.69) is 15.6 Å². The molecular weight excluding hydrogens is 354 g/mol. The van der Waals surface area contributed by atoms with E-state index in [4.69, 9.17) is 16.3 Å². The summed E-state index contributed by atoms with van der Waals surface area (Å²) in [7, 11) is 1.57. The van der Waals surface area contributed by atoms with Gasteiger partial charge in [0.25, 0.3) is 0 Å². The molecule has 3 heterocycles. The smallest absolute Gasteiger partial charge is 0.240 e. The van der Waals surface area contributed by atoms with Crippen molar-refractivity contribution in [3.05, 3.63) is 52.7 Å². The van der Waals surface area contributed by atoms with Crippen molar-refractivity contribution in [2.75, 3.05) is 17.7 Å². The van der Waals surface area contributed by atoms with Crippen molar-refractivity contribution in [2.24, 2.45) is 0 Å². The van der Waals surface area contributed by atoms with Crippen LogP contribution in [0.3, 0.4) is 0 Å². The summed E-state index contributed by atoms with van der Waals surface area (Å²) in [6, 6.07) is 8.87. The Morgan fingerprint density at radius 1 is 1.08 bits per heavy atom. The van der Waals surface area contributed by atoms with Gasteiger partial charge < -0.3 is 20.4 Å². The van der Waals surface area contributed by atoms with Crippen molar-refractivity contribution in [3.8, 4) is 5.75 Å². The zero-order valence-electron chi connectivity index (χ0n) is 13.8. The number of carbonyl (C=O) groups is 2. The van der Waals surface area contributed by atoms with Gasteiger partial charge in [0.15, 0.2) is 0 Å². The molecule has 1 spiro atoms. The number of methoxy groups -OCH3 is 1. The van der Waals surface area contributed by atoms with Gasteiger partial charge in [-0.1, -0.05) is 11.6 Å². The fourth-order valence-electron chi connectivity index (χ4n) is 4.10. The quantitative estimate of drug-likeness (QED) is 0.616. The average molecular weight is 368 g/mol. The van der Waals surface area contributed by atoms with Gasteiger partial charge in [-0.3, -0.25) is 9.59 Å². The summed E-state index contributed by atoms with van der Waals surface area (Å²) >= 11 is 6.20. The topological polar surface area (TPSA) is 83.2 Å². The SMILES string of the molecule is COc1cc2c3c(c[nH]c3c1)C1(CC(=O)N2)C(=O)Nc2ccc(Cl)cc21. The van der Waals surface area contributed by atoms with Crippen LogP contribution in [0.15, 0.2) is 36.5 Å². The molecule has 3 aromatic rings. The maximum Gasteiger partial charge on any atom is 0.240 e. The van der Waals surface area contributed by atoms with Crippen molar-refractivity contribution in [3.63, 3.8) is 0 Å². The van der Waals surface area contributed by atoms with Crippen molar-refractivity contribution in [1.82, 2.24) is 4.98 Å². The van der Waals surface area contributed by atoms with Crippen molar-refractivity contribution in [2.45, 2.75) is 11.8 Å². The highest BCUT2D eigenvalue weighted by Gasteiger charge is 2.52. The number of benzene rings is 2. The number of ether oxygens (including phenoxy) is 1. The number of aromatic nitrogens is 1. The molecule has 0 saturated carbocycles. The number of fused-ring (bicyclic) bond motifs is 3. The highest BCUT2D eigenvalue weighted by molar-refractivity contribution is 6.31. The molecule has 1 unspecified atom stereocenters. The molecule has 26 heavy (non-hydrogen) atoms. The van der Waals surface area contributed by atoms with Crippen LogP contribution >= 0.6 is 11.6 Å². The molecule has 2 amide bonds. The molecule has 1 aromatic heterocycles. The maximum absolute atomic E-state index is 13.1. The van der Waals surface area contributed by atoms with Gasteiger partial charge in [-0.2, -0.15) is 0 Å². The summed E-state index contributed by atoms with van der Waals surface area (Å²) in [6.07, 6.45) is 1.79. The van der Waals surface area contributed by atoms with Crippen LogP contribution in [0.25, 0.3) is 10.9 Å². The number of amides is 2. The van der Waals surface area contributed by atoms with E-state index in [0.29, 0.717) is 22.1 Å². The highest BCUT2D eigenvalue weighted by atomic mass is 35.5. The van der Waals surface area contributed by atoms with E-state index in [-0.39, 0.29) is 18.2 Å². The number of hydrogen-bond donors (Lipinski definition) is 3. The third-order valence-corrected chi connectivity index (χ3v) is 5.46. The third-order valence-electron chi connectivity index (χ3n) is 5.23. The van der Waals surface area contributed by atoms with Gasteiger partial charge in [0, 0.05) is 46.4 Å². The Hall–Kier alpha value is -2.99. The Bertz CT molecular complexity index is 1120. The van der Waals surface area contributed by atoms with E-state index in [9.17, 15) is 9.59 Å². The van der Waals surface area contributed by atoms with Gasteiger partial charge >= 0.3 is 0 Å². The molecule has 2 aliphatic rings. The maximum atomic E-state index is 13.1. The number of H-pyrrole nitrogens is 1. The fraction of sp³-hybridized carbons (Fsp3) is 0.158. The lowest BCUT2D eigenvalue weighted by Crippen LogP contribution is -2.38. The Kier molecular flexibility index (Phi) is 2.95. The number of hydrogen-bond acceptors (Lipinski definition) is 3. The second-order valence-electron chi connectivity index (χ2n) is 6.57. The number of aromatic amines is 1. The highest BCUT2D eigenvalue weighted by Crippen LogP contribution is 2.51. The van der Waals surface area contributed by atoms with Gasteiger partial charge in [0.05, 0.1) is 18.3 Å². The Morgan fingerprint density at radius 2 is 1.92 bits per heavy atom. The summed E-state index contributed by atoms with van der Waals surface area (Å²) in [6.45, 7) is 0. The molecule has 3 N–H and O–H groups in total. The third kappa shape index (κ3) is 1.82. The number of nitrogens with one attached hydrogen (secondary N) is 3. The normalized spacial score (nSPS) is 20.7.